The summed E-state index contributed by atoms with van der Waals surface area (Å²) in [6.07, 6.45) is 16.2. The molecule has 186 valence electrons. The van der Waals surface area contributed by atoms with E-state index in [0.717, 1.165) is 30.1 Å². The molecular formula is C32H48N2. The Labute approximate surface area is 208 Å². The van der Waals surface area contributed by atoms with Crippen LogP contribution in [0.25, 0.3) is 0 Å². The first-order valence-corrected chi connectivity index (χ1v) is 14.3. The average molecular weight is 461 g/mol. The molecule has 34 heavy (non-hydrogen) atoms. The van der Waals surface area contributed by atoms with Crippen molar-refractivity contribution in [2.24, 2.45) is 51.2 Å². The van der Waals surface area contributed by atoms with Crippen LogP contribution in [0.1, 0.15) is 111 Å². The van der Waals surface area contributed by atoms with E-state index in [0.29, 0.717) is 27.6 Å². The molecule has 5 aliphatic carbocycles. The average Bonchev–Trinajstić information content (AvgIpc) is 3.12. The van der Waals surface area contributed by atoms with Crippen molar-refractivity contribution < 1.29 is 0 Å². The molecule has 0 radical (unpaired) electrons. The van der Waals surface area contributed by atoms with Gasteiger partial charge in [-0.05, 0) is 116 Å². The topological polar surface area (TPSA) is 25.8 Å². The first-order chi connectivity index (χ1) is 15.9. The highest BCUT2D eigenvalue weighted by atomic mass is 14.9. The van der Waals surface area contributed by atoms with Gasteiger partial charge in [0, 0.05) is 17.8 Å². The molecule has 4 fully saturated rings. The molecule has 1 heterocycles. The zero-order chi connectivity index (χ0) is 24.3. The molecular weight excluding hydrogens is 412 g/mol. The van der Waals surface area contributed by atoms with E-state index in [-0.39, 0.29) is 5.41 Å². The van der Waals surface area contributed by atoms with Crippen molar-refractivity contribution in [2.75, 3.05) is 0 Å². The van der Waals surface area contributed by atoms with Crippen LogP contribution in [-0.4, -0.2) is 9.97 Å². The molecule has 0 amide bonds. The summed E-state index contributed by atoms with van der Waals surface area (Å²) in [4.78, 5) is 9.81. The SMILES string of the molecule is C=C(C)[C@@H]1CC[C@]2(C)CC[C@]3(C)[C@H](CC[C@@H]4[C@@]5(C)Cc6nccnc6C(C)(C)[C@@H]5CC[C@]43C)[C@@H]12. The van der Waals surface area contributed by atoms with Crippen molar-refractivity contribution in [3.05, 3.63) is 35.9 Å². The van der Waals surface area contributed by atoms with Crippen molar-refractivity contribution in [1.29, 1.82) is 0 Å². The molecule has 1 aromatic rings. The number of fused-ring (bicyclic) bond motifs is 8. The van der Waals surface area contributed by atoms with E-state index in [1.807, 2.05) is 12.4 Å². The second-order valence-electron chi connectivity index (χ2n) is 15.1. The van der Waals surface area contributed by atoms with E-state index in [2.05, 4.69) is 55.0 Å². The lowest BCUT2D eigenvalue weighted by atomic mass is 9.32. The highest BCUT2D eigenvalue weighted by Crippen LogP contribution is 2.77. The van der Waals surface area contributed by atoms with Crippen molar-refractivity contribution in [2.45, 2.75) is 112 Å². The fourth-order valence-corrected chi connectivity index (χ4v) is 11.9. The van der Waals surface area contributed by atoms with E-state index < -0.39 is 0 Å². The fourth-order valence-electron chi connectivity index (χ4n) is 11.9. The van der Waals surface area contributed by atoms with Gasteiger partial charge in [-0.1, -0.05) is 53.7 Å². The molecule has 0 unspecified atom stereocenters. The number of hydrogen-bond donors (Lipinski definition) is 0. The van der Waals surface area contributed by atoms with Crippen LogP contribution in [0.2, 0.25) is 0 Å². The molecule has 0 aromatic carbocycles. The van der Waals surface area contributed by atoms with Crippen molar-refractivity contribution >= 4 is 0 Å². The van der Waals surface area contributed by atoms with Crippen LogP contribution in [0.15, 0.2) is 24.5 Å². The van der Waals surface area contributed by atoms with Gasteiger partial charge in [-0.2, -0.15) is 0 Å². The quantitative estimate of drug-likeness (QED) is 0.395. The summed E-state index contributed by atoms with van der Waals surface area (Å²) in [5.41, 5.74) is 5.86. The van der Waals surface area contributed by atoms with Crippen molar-refractivity contribution in [3.8, 4) is 0 Å². The molecule has 5 aliphatic rings. The second kappa shape index (κ2) is 6.98. The molecule has 0 bridgehead atoms. The van der Waals surface area contributed by atoms with E-state index in [9.17, 15) is 0 Å². The molecule has 1 aromatic heterocycles. The van der Waals surface area contributed by atoms with Gasteiger partial charge in [-0.25, -0.2) is 0 Å². The molecule has 0 N–H and O–H groups in total. The zero-order valence-electron chi connectivity index (χ0n) is 23.0. The minimum Gasteiger partial charge on any atom is -0.258 e. The third kappa shape index (κ3) is 2.64. The Kier molecular flexibility index (Phi) is 4.77. The van der Waals surface area contributed by atoms with Crippen LogP contribution in [0.3, 0.4) is 0 Å². The summed E-state index contributed by atoms with van der Waals surface area (Å²) in [5, 5.41) is 0. The number of nitrogens with zero attached hydrogens (tertiary/aromatic N) is 2. The van der Waals surface area contributed by atoms with Gasteiger partial charge in [0.15, 0.2) is 0 Å². The van der Waals surface area contributed by atoms with E-state index in [1.54, 1.807) is 0 Å². The maximum Gasteiger partial charge on any atom is 0.0678 e. The smallest absolute Gasteiger partial charge is 0.0678 e. The lowest BCUT2D eigenvalue weighted by molar-refractivity contribution is -0.224. The standard InChI is InChI=1S/C32H48N2/c1-20(2)21-11-13-29(5)15-16-31(7)22(26(21)29)9-10-25-30(6)19-23-27(34-18-17-33-23)28(3,4)24(30)12-14-32(25,31)8/h17-18,21-22,24-26H,1,9-16,19H2,2-8H3/t21-,22+,24-,25+,26+,29+,30-,31+,32+/m0/s1. The van der Waals surface area contributed by atoms with Crippen LogP contribution < -0.4 is 0 Å². The van der Waals surface area contributed by atoms with Crippen LogP contribution >= 0.6 is 0 Å². The number of allylic oxidation sites excluding steroid dienone is 1. The maximum absolute atomic E-state index is 4.92. The Balaban J connectivity index is 1.43. The first kappa shape index (κ1) is 23.2. The molecule has 0 saturated heterocycles. The van der Waals surface area contributed by atoms with Crippen molar-refractivity contribution in [1.82, 2.24) is 9.97 Å². The Morgan fingerprint density at radius 1 is 0.824 bits per heavy atom. The summed E-state index contributed by atoms with van der Waals surface area (Å²) in [7, 11) is 0. The molecule has 9 atom stereocenters. The lowest BCUT2D eigenvalue weighted by Gasteiger charge is -2.72. The second-order valence-corrected chi connectivity index (χ2v) is 15.1. The van der Waals surface area contributed by atoms with Gasteiger partial charge >= 0.3 is 0 Å². The normalized spacial score (nSPS) is 50.9. The van der Waals surface area contributed by atoms with Gasteiger partial charge < -0.3 is 0 Å². The highest BCUT2D eigenvalue weighted by Gasteiger charge is 2.70. The molecule has 4 saturated carbocycles. The maximum atomic E-state index is 4.92. The van der Waals surface area contributed by atoms with Crippen LogP contribution in [0.5, 0.6) is 0 Å². The van der Waals surface area contributed by atoms with E-state index in [4.69, 9.17) is 9.97 Å². The zero-order valence-corrected chi connectivity index (χ0v) is 23.0. The predicted molar refractivity (Wildman–Crippen MR) is 140 cm³/mol. The van der Waals surface area contributed by atoms with Gasteiger partial charge in [-0.15, -0.1) is 0 Å². The molecule has 6 rings (SSSR count). The number of rotatable bonds is 1. The van der Waals surface area contributed by atoms with Crippen LogP contribution in [0, 0.1) is 51.2 Å². The van der Waals surface area contributed by atoms with Gasteiger partial charge in [-0.3, -0.25) is 9.97 Å². The van der Waals surface area contributed by atoms with Crippen molar-refractivity contribution in [3.63, 3.8) is 0 Å². The number of hydrogen-bond acceptors (Lipinski definition) is 2. The largest absolute Gasteiger partial charge is 0.258 e. The summed E-state index contributed by atoms with van der Waals surface area (Å²) in [6.45, 7) is 22.6. The Hall–Kier alpha value is -1.18. The molecule has 2 heteroatoms. The van der Waals surface area contributed by atoms with Crippen LogP contribution in [0.4, 0.5) is 0 Å². The highest BCUT2D eigenvalue weighted by molar-refractivity contribution is 5.32. The third-order valence-corrected chi connectivity index (χ3v) is 13.6. The predicted octanol–water partition coefficient (Wildman–Crippen LogP) is 8.17. The lowest BCUT2D eigenvalue weighted by Crippen LogP contribution is -2.66. The third-order valence-electron chi connectivity index (χ3n) is 13.6. The Bertz CT molecular complexity index is 1030. The van der Waals surface area contributed by atoms with Gasteiger partial charge in [0.25, 0.3) is 0 Å². The van der Waals surface area contributed by atoms with Gasteiger partial charge in [0.1, 0.15) is 0 Å². The monoisotopic (exact) mass is 460 g/mol. The van der Waals surface area contributed by atoms with E-state index in [1.165, 1.54) is 68.3 Å². The molecule has 2 nitrogen and oxygen atoms in total. The van der Waals surface area contributed by atoms with Gasteiger partial charge in [0.05, 0.1) is 11.4 Å². The number of aromatic nitrogens is 2. The summed E-state index contributed by atoms with van der Waals surface area (Å²) < 4.78 is 0. The molecule has 0 aliphatic heterocycles. The first-order valence-electron chi connectivity index (χ1n) is 14.3. The van der Waals surface area contributed by atoms with Gasteiger partial charge in [0.2, 0.25) is 0 Å². The Morgan fingerprint density at radius 3 is 2.29 bits per heavy atom. The minimum atomic E-state index is 0.108. The summed E-state index contributed by atoms with van der Waals surface area (Å²) in [5.74, 6) is 3.94. The summed E-state index contributed by atoms with van der Waals surface area (Å²) in [6, 6.07) is 0. The fraction of sp³-hybridized carbons (Fsp3) is 0.812. The minimum absolute atomic E-state index is 0.108. The van der Waals surface area contributed by atoms with E-state index >= 15 is 0 Å². The Morgan fingerprint density at radius 2 is 1.56 bits per heavy atom. The molecule has 0 spiro atoms. The van der Waals surface area contributed by atoms with Crippen LogP contribution in [-0.2, 0) is 11.8 Å². The summed E-state index contributed by atoms with van der Waals surface area (Å²) >= 11 is 0.